The summed E-state index contributed by atoms with van der Waals surface area (Å²) in [6.45, 7) is 8.67. The number of hydrogen-bond acceptors (Lipinski definition) is 7. The van der Waals surface area contributed by atoms with Gasteiger partial charge in [-0.15, -0.1) is 0 Å². The average Bonchev–Trinajstić information content (AvgIpc) is 3.12. The highest BCUT2D eigenvalue weighted by atomic mass is 32.1. The number of allylic oxidation sites excluding steroid dienone is 1. The molecule has 7 nitrogen and oxygen atoms in total. The van der Waals surface area contributed by atoms with Gasteiger partial charge in [0.25, 0.3) is 5.56 Å². The second-order valence-electron chi connectivity index (χ2n) is 8.04. The highest BCUT2D eigenvalue weighted by Gasteiger charge is 2.33. The van der Waals surface area contributed by atoms with E-state index in [-0.39, 0.29) is 17.7 Å². The molecule has 0 radical (unpaired) electrons. The van der Waals surface area contributed by atoms with Gasteiger partial charge < -0.3 is 9.47 Å². The molecule has 0 unspecified atom stereocenters. The molecule has 35 heavy (non-hydrogen) atoms. The van der Waals surface area contributed by atoms with Gasteiger partial charge in [0.15, 0.2) is 4.80 Å². The molecule has 2 aromatic carbocycles. The lowest BCUT2D eigenvalue weighted by Crippen LogP contribution is -2.39. The minimum absolute atomic E-state index is 0.0333. The first kappa shape index (κ1) is 24.1. The first-order valence-corrected chi connectivity index (χ1v) is 11.8. The zero-order valence-corrected chi connectivity index (χ0v) is 20.4. The maximum Gasteiger partial charge on any atom is 0.338 e. The summed E-state index contributed by atoms with van der Waals surface area (Å²) in [5.41, 5.74) is 3.15. The molecule has 3 aromatic rings. The van der Waals surface area contributed by atoms with Crippen molar-refractivity contribution in [2.75, 3.05) is 6.61 Å². The van der Waals surface area contributed by atoms with E-state index in [2.05, 4.69) is 11.6 Å². The summed E-state index contributed by atoms with van der Waals surface area (Å²) in [7, 11) is 0. The molecule has 0 fully saturated rings. The lowest BCUT2D eigenvalue weighted by Gasteiger charge is -2.24. The summed E-state index contributed by atoms with van der Waals surface area (Å²) in [6, 6.07) is 13.8. The Balaban J connectivity index is 1.88. The van der Waals surface area contributed by atoms with E-state index in [1.165, 1.54) is 28.9 Å². The van der Waals surface area contributed by atoms with E-state index >= 15 is 0 Å². The Bertz CT molecular complexity index is 1510. The molecule has 0 bridgehead atoms. The maximum absolute atomic E-state index is 13.6. The van der Waals surface area contributed by atoms with Crippen molar-refractivity contribution >= 4 is 29.4 Å². The molecule has 8 heteroatoms. The molecule has 1 aromatic heterocycles. The van der Waals surface area contributed by atoms with Gasteiger partial charge in [0.2, 0.25) is 0 Å². The number of aromatic nitrogens is 1. The van der Waals surface area contributed by atoms with Gasteiger partial charge in [-0.05, 0) is 43.2 Å². The van der Waals surface area contributed by atoms with Crippen LogP contribution >= 0.6 is 11.3 Å². The largest absolute Gasteiger partial charge is 0.458 e. The van der Waals surface area contributed by atoms with Crippen LogP contribution in [0.3, 0.4) is 0 Å². The number of fused-ring (bicyclic) bond motifs is 1. The van der Waals surface area contributed by atoms with E-state index in [0.29, 0.717) is 26.3 Å². The molecule has 0 aliphatic carbocycles. The summed E-state index contributed by atoms with van der Waals surface area (Å²) in [4.78, 5) is 43.0. The van der Waals surface area contributed by atoms with Crippen LogP contribution in [0.25, 0.3) is 6.08 Å². The van der Waals surface area contributed by atoms with Gasteiger partial charge in [-0.2, -0.15) is 0 Å². The zero-order chi connectivity index (χ0) is 25.1. The third-order valence-electron chi connectivity index (χ3n) is 5.41. The van der Waals surface area contributed by atoms with Gasteiger partial charge in [0.1, 0.15) is 12.4 Å². The van der Waals surface area contributed by atoms with E-state index in [9.17, 15) is 14.4 Å². The predicted octanol–water partition coefficient (Wildman–Crippen LogP) is 3.20. The van der Waals surface area contributed by atoms with Crippen molar-refractivity contribution in [2.24, 2.45) is 4.99 Å². The number of thiazole rings is 1. The van der Waals surface area contributed by atoms with Crippen LogP contribution in [0.5, 0.6) is 5.75 Å². The molecule has 0 saturated heterocycles. The van der Waals surface area contributed by atoms with Crippen LogP contribution in [0.4, 0.5) is 0 Å². The summed E-state index contributed by atoms with van der Waals surface area (Å²) in [5.74, 6) is -0.649. The van der Waals surface area contributed by atoms with Crippen molar-refractivity contribution in [3.05, 3.63) is 109 Å². The number of carbonyl (C=O) groups excluding carboxylic acids is 2. The molecule has 1 atom stereocenters. The summed E-state index contributed by atoms with van der Waals surface area (Å²) in [6.07, 6.45) is 3.30. The highest BCUT2D eigenvalue weighted by molar-refractivity contribution is 7.07. The van der Waals surface area contributed by atoms with E-state index < -0.39 is 18.0 Å². The van der Waals surface area contributed by atoms with E-state index in [4.69, 9.17) is 9.47 Å². The molecule has 0 saturated carbocycles. The maximum atomic E-state index is 13.6. The molecule has 2 heterocycles. The Kier molecular flexibility index (Phi) is 6.93. The Labute approximate surface area is 206 Å². The van der Waals surface area contributed by atoms with Crippen LogP contribution in [-0.2, 0) is 14.3 Å². The Hall–Kier alpha value is -4.04. The Morgan fingerprint density at radius 2 is 1.80 bits per heavy atom. The van der Waals surface area contributed by atoms with Gasteiger partial charge in [-0.1, -0.05) is 66.0 Å². The molecular weight excluding hydrogens is 464 g/mol. The van der Waals surface area contributed by atoms with Gasteiger partial charge in [0, 0.05) is 6.92 Å². The van der Waals surface area contributed by atoms with Crippen molar-refractivity contribution in [1.82, 2.24) is 4.57 Å². The second kappa shape index (κ2) is 10.1. The van der Waals surface area contributed by atoms with Crippen LogP contribution in [0, 0.1) is 6.92 Å². The highest BCUT2D eigenvalue weighted by Crippen LogP contribution is 2.31. The van der Waals surface area contributed by atoms with Crippen LogP contribution in [-0.4, -0.2) is 23.1 Å². The Morgan fingerprint density at radius 1 is 1.11 bits per heavy atom. The van der Waals surface area contributed by atoms with Gasteiger partial charge in [0.05, 0.1) is 21.8 Å². The Morgan fingerprint density at radius 3 is 2.43 bits per heavy atom. The number of aryl methyl sites for hydroxylation is 1. The lowest BCUT2D eigenvalue weighted by molar-refractivity contribution is -0.138. The van der Waals surface area contributed by atoms with Crippen LogP contribution in [0.1, 0.15) is 36.6 Å². The summed E-state index contributed by atoms with van der Waals surface area (Å²) >= 11 is 1.26. The minimum atomic E-state index is -0.755. The van der Waals surface area contributed by atoms with Crippen LogP contribution in [0.15, 0.2) is 82.2 Å². The van der Waals surface area contributed by atoms with Gasteiger partial charge >= 0.3 is 11.9 Å². The van der Waals surface area contributed by atoms with E-state index in [0.717, 1.165) is 11.1 Å². The molecule has 0 N–H and O–H groups in total. The topological polar surface area (TPSA) is 87.0 Å². The van der Waals surface area contributed by atoms with Crippen LogP contribution in [0.2, 0.25) is 0 Å². The van der Waals surface area contributed by atoms with Crippen LogP contribution < -0.4 is 19.6 Å². The fourth-order valence-electron chi connectivity index (χ4n) is 3.81. The van der Waals surface area contributed by atoms with Crippen molar-refractivity contribution in [3.63, 3.8) is 0 Å². The summed E-state index contributed by atoms with van der Waals surface area (Å²) < 4.78 is 12.5. The number of carbonyl (C=O) groups is 2. The summed E-state index contributed by atoms with van der Waals surface area (Å²) in [5, 5.41) is 0. The van der Waals surface area contributed by atoms with E-state index in [1.807, 2.05) is 37.3 Å². The standard InChI is InChI=1S/C27H24N2O5S/c1-5-14-33-26(32)23-17(3)28-27-29(24(23)20-10-12-21(13-11-20)34-18(4)30)25(31)22(35-27)15-19-8-6-16(2)7-9-19/h5-13,15,24H,1,14H2,2-4H3/b22-15+/t24-/m1/s1. The van der Waals surface area contributed by atoms with Crippen molar-refractivity contribution in [2.45, 2.75) is 26.8 Å². The van der Waals surface area contributed by atoms with Gasteiger partial charge in [-0.25, -0.2) is 9.79 Å². The monoisotopic (exact) mass is 488 g/mol. The predicted molar refractivity (Wildman–Crippen MR) is 134 cm³/mol. The zero-order valence-electron chi connectivity index (χ0n) is 19.6. The molecular formula is C27H24N2O5S. The number of benzene rings is 2. The van der Waals surface area contributed by atoms with Crippen molar-refractivity contribution < 1.29 is 19.1 Å². The van der Waals surface area contributed by atoms with Gasteiger partial charge in [-0.3, -0.25) is 14.2 Å². The quantitative estimate of drug-likeness (QED) is 0.302. The third kappa shape index (κ3) is 5.07. The smallest absolute Gasteiger partial charge is 0.338 e. The van der Waals surface area contributed by atoms with E-state index in [1.54, 1.807) is 31.2 Å². The molecule has 0 spiro atoms. The SMILES string of the molecule is C=CCOC(=O)C1=C(C)N=c2s/c(=C/c3ccc(C)cc3)c(=O)n2[C@@H]1c1ccc(OC(C)=O)cc1. The number of esters is 2. The van der Waals surface area contributed by atoms with Crippen molar-refractivity contribution in [1.29, 1.82) is 0 Å². The molecule has 4 rings (SSSR count). The molecule has 0 amide bonds. The fraction of sp³-hybridized carbons (Fsp3) is 0.185. The molecule has 1 aliphatic heterocycles. The minimum Gasteiger partial charge on any atom is -0.458 e. The third-order valence-corrected chi connectivity index (χ3v) is 6.39. The number of nitrogens with zero attached hydrogens (tertiary/aromatic N) is 2. The average molecular weight is 489 g/mol. The number of rotatable bonds is 6. The normalized spacial score (nSPS) is 15.3. The first-order valence-electron chi connectivity index (χ1n) is 10.9. The van der Waals surface area contributed by atoms with Crippen molar-refractivity contribution in [3.8, 4) is 5.75 Å². The lowest BCUT2D eigenvalue weighted by atomic mass is 9.96. The number of ether oxygens (including phenoxy) is 2. The molecule has 178 valence electrons. The fourth-order valence-corrected chi connectivity index (χ4v) is 4.86. The molecule has 1 aliphatic rings. The first-order chi connectivity index (χ1) is 16.8. The number of hydrogen-bond donors (Lipinski definition) is 0. The second-order valence-corrected chi connectivity index (χ2v) is 9.05.